The maximum atomic E-state index is 10.6. The highest BCUT2D eigenvalue weighted by atomic mass is 19.4. The fraction of sp³-hybridized carbons (Fsp3) is 0.909. The van der Waals surface area contributed by atoms with Gasteiger partial charge in [-0.1, -0.05) is 0 Å². The summed E-state index contributed by atoms with van der Waals surface area (Å²) in [4.78, 5) is 11.6. The number of hydrogen-bond acceptors (Lipinski definition) is 4. The summed E-state index contributed by atoms with van der Waals surface area (Å²) in [6, 6.07) is 2.39. The molecular weight excluding hydrogens is 265 g/mol. The average molecular weight is 282 g/mol. The van der Waals surface area contributed by atoms with Crippen LogP contribution in [-0.4, -0.2) is 66.6 Å². The molecule has 3 fully saturated rings. The largest absolute Gasteiger partial charge is 0.490 e. The van der Waals surface area contributed by atoms with E-state index in [-0.39, 0.29) is 0 Å². The molecule has 2 bridgehead atoms. The van der Waals surface area contributed by atoms with Crippen molar-refractivity contribution in [3.63, 3.8) is 0 Å². The Kier molecular flexibility index (Phi) is 4.32. The van der Waals surface area contributed by atoms with E-state index in [4.69, 9.17) is 14.6 Å². The van der Waals surface area contributed by atoms with Crippen LogP contribution >= 0.6 is 0 Å². The number of nitrogens with one attached hydrogen (secondary N) is 1. The van der Waals surface area contributed by atoms with Crippen LogP contribution in [0.15, 0.2) is 0 Å². The number of nitrogens with zero attached hydrogens (tertiary/aromatic N) is 1. The van der Waals surface area contributed by atoms with E-state index in [1.54, 1.807) is 0 Å². The molecule has 0 saturated carbocycles. The first-order valence-electron chi connectivity index (χ1n) is 6.25. The minimum absolute atomic E-state index is 0.754. The second kappa shape index (κ2) is 5.64. The Hall–Kier alpha value is -0.860. The van der Waals surface area contributed by atoms with E-state index >= 15 is 0 Å². The number of alkyl halides is 3. The highest BCUT2D eigenvalue weighted by Crippen LogP contribution is 2.30. The molecular formula is C11H17F3N2O3. The number of rotatable bonds is 1. The third-order valence-corrected chi connectivity index (χ3v) is 3.72. The van der Waals surface area contributed by atoms with Crippen molar-refractivity contribution in [2.45, 2.75) is 37.1 Å². The normalized spacial score (nSPS) is 31.3. The minimum atomic E-state index is -5.08. The zero-order chi connectivity index (χ0) is 14.0. The highest BCUT2D eigenvalue weighted by Gasteiger charge is 2.42. The standard InChI is InChI=1S/C9H16N2O.C2HF3O2/c1-2-8-4-10-3-7(1)11(8)9-5-12-6-9;3-2(4,5)1(6)7/h7-10H,1-6H2;(H,6,7). The van der Waals surface area contributed by atoms with E-state index in [1.807, 2.05) is 0 Å². The number of piperazine rings is 1. The summed E-state index contributed by atoms with van der Waals surface area (Å²) in [5, 5.41) is 10.6. The average Bonchev–Trinajstić information content (AvgIpc) is 2.49. The van der Waals surface area contributed by atoms with Crippen molar-refractivity contribution in [1.29, 1.82) is 0 Å². The van der Waals surface area contributed by atoms with Crippen LogP contribution in [0.5, 0.6) is 0 Å². The monoisotopic (exact) mass is 282 g/mol. The number of carboxylic acid groups (broad SMARTS) is 1. The van der Waals surface area contributed by atoms with Gasteiger partial charge in [0.1, 0.15) is 0 Å². The van der Waals surface area contributed by atoms with Gasteiger partial charge in [-0.2, -0.15) is 13.2 Å². The van der Waals surface area contributed by atoms with E-state index in [0.717, 1.165) is 31.3 Å². The number of carbonyl (C=O) groups is 1. The van der Waals surface area contributed by atoms with Crippen molar-refractivity contribution in [2.75, 3.05) is 26.3 Å². The van der Waals surface area contributed by atoms with Crippen LogP contribution in [0.4, 0.5) is 13.2 Å². The first kappa shape index (κ1) is 14.5. The van der Waals surface area contributed by atoms with Crippen LogP contribution in [-0.2, 0) is 9.53 Å². The molecule has 2 atom stereocenters. The summed E-state index contributed by atoms with van der Waals surface area (Å²) < 4.78 is 37.0. The smallest absolute Gasteiger partial charge is 0.475 e. The molecule has 8 heteroatoms. The van der Waals surface area contributed by atoms with Gasteiger partial charge >= 0.3 is 12.1 Å². The van der Waals surface area contributed by atoms with E-state index in [2.05, 4.69) is 10.2 Å². The molecule has 3 aliphatic heterocycles. The third-order valence-electron chi connectivity index (χ3n) is 3.72. The van der Waals surface area contributed by atoms with Crippen molar-refractivity contribution in [3.8, 4) is 0 Å². The molecule has 0 aromatic carbocycles. The maximum Gasteiger partial charge on any atom is 0.490 e. The van der Waals surface area contributed by atoms with Gasteiger partial charge in [-0.25, -0.2) is 4.79 Å². The molecule has 0 spiro atoms. The van der Waals surface area contributed by atoms with Crippen molar-refractivity contribution in [1.82, 2.24) is 10.2 Å². The van der Waals surface area contributed by atoms with E-state index < -0.39 is 12.1 Å². The fourth-order valence-corrected chi connectivity index (χ4v) is 2.80. The molecule has 0 aromatic heterocycles. The van der Waals surface area contributed by atoms with Gasteiger partial charge in [0.25, 0.3) is 0 Å². The van der Waals surface area contributed by atoms with Crippen molar-refractivity contribution in [3.05, 3.63) is 0 Å². The van der Waals surface area contributed by atoms with E-state index in [9.17, 15) is 13.2 Å². The van der Waals surface area contributed by atoms with Gasteiger partial charge < -0.3 is 15.2 Å². The predicted molar refractivity (Wildman–Crippen MR) is 59.8 cm³/mol. The molecule has 110 valence electrons. The third kappa shape index (κ3) is 3.37. The number of carboxylic acids is 1. The van der Waals surface area contributed by atoms with Gasteiger partial charge in [0, 0.05) is 25.2 Å². The second-order valence-electron chi connectivity index (χ2n) is 4.98. The van der Waals surface area contributed by atoms with Gasteiger partial charge in [0.15, 0.2) is 0 Å². The Balaban J connectivity index is 0.000000167. The molecule has 0 radical (unpaired) electrons. The van der Waals surface area contributed by atoms with E-state index in [1.165, 1.54) is 25.9 Å². The lowest BCUT2D eigenvalue weighted by molar-refractivity contribution is -0.192. The van der Waals surface area contributed by atoms with Crippen molar-refractivity contribution < 1.29 is 27.8 Å². The quantitative estimate of drug-likeness (QED) is 0.731. The molecule has 2 unspecified atom stereocenters. The van der Waals surface area contributed by atoms with Crippen LogP contribution in [0.2, 0.25) is 0 Å². The molecule has 0 aromatic rings. The molecule has 5 nitrogen and oxygen atoms in total. The summed E-state index contributed by atoms with van der Waals surface area (Å²) in [7, 11) is 0. The first-order chi connectivity index (χ1) is 8.89. The lowest BCUT2D eigenvalue weighted by Crippen LogP contribution is -2.61. The molecule has 3 rings (SSSR count). The Morgan fingerprint density at radius 2 is 1.63 bits per heavy atom. The molecule has 0 aliphatic carbocycles. The van der Waals surface area contributed by atoms with Gasteiger partial charge in [-0.3, -0.25) is 4.90 Å². The van der Waals surface area contributed by atoms with E-state index in [0.29, 0.717) is 0 Å². The summed E-state index contributed by atoms with van der Waals surface area (Å²) in [6.07, 6.45) is -2.29. The fourth-order valence-electron chi connectivity index (χ4n) is 2.80. The zero-order valence-electron chi connectivity index (χ0n) is 10.3. The maximum absolute atomic E-state index is 10.6. The Morgan fingerprint density at radius 3 is 1.95 bits per heavy atom. The summed E-state index contributed by atoms with van der Waals surface area (Å²) in [5.74, 6) is -2.76. The van der Waals surface area contributed by atoms with Crippen molar-refractivity contribution in [2.24, 2.45) is 0 Å². The number of halogens is 3. The van der Waals surface area contributed by atoms with Gasteiger partial charge in [0.2, 0.25) is 0 Å². The molecule has 19 heavy (non-hydrogen) atoms. The Bertz CT molecular complexity index is 318. The van der Waals surface area contributed by atoms with Crippen LogP contribution in [0.25, 0.3) is 0 Å². The number of fused-ring (bicyclic) bond motifs is 2. The number of aliphatic carboxylic acids is 1. The Morgan fingerprint density at radius 1 is 1.16 bits per heavy atom. The number of hydrogen-bond donors (Lipinski definition) is 2. The number of ether oxygens (including phenoxy) is 1. The summed E-state index contributed by atoms with van der Waals surface area (Å²) in [5.41, 5.74) is 0. The Labute approximate surface area is 108 Å². The van der Waals surface area contributed by atoms with Crippen LogP contribution in [0.1, 0.15) is 12.8 Å². The zero-order valence-corrected chi connectivity index (χ0v) is 10.3. The van der Waals surface area contributed by atoms with Crippen LogP contribution < -0.4 is 5.32 Å². The first-order valence-corrected chi connectivity index (χ1v) is 6.25. The highest BCUT2D eigenvalue weighted by molar-refractivity contribution is 5.73. The van der Waals surface area contributed by atoms with Crippen molar-refractivity contribution >= 4 is 5.97 Å². The van der Waals surface area contributed by atoms with Gasteiger partial charge in [-0.15, -0.1) is 0 Å². The van der Waals surface area contributed by atoms with Gasteiger partial charge in [-0.05, 0) is 12.8 Å². The summed E-state index contributed by atoms with van der Waals surface area (Å²) in [6.45, 7) is 4.36. The SMILES string of the molecule is C1CC2CNCC1N2C1COC1.O=C(O)C(F)(F)F. The minimum Gasteiger partial charge on any atom is -0.475 e. The molecule has 0 amide bonds. The molecule has 3 saturated heterocycles. The molecule has 3 aliphatic rings. The lowest BCUT2D eigenvalue weighted by Gasteiger charge is -2.44. The topological polar surface area (TPSA) is 61.8 Å². The molecule has 2 N–H and O–H groups in total. The van der Waals surface area contributed by atoms with Gasteiger partial charge in [0.05, 0.1) is 19.3 Å². The second-order valence-corrected chi connectivity index (χ2v) is 4.98. The lowest BCUT2D eigenvalue weighted by atomic mass is 10.1. The summed E-state index contributed by atoms with van der Waals surface area (Å²) >= 11 is 0. The van der Waals surface area contributed by atoms with Crippen LogP contribution in [0, 0.1) is 0 Å². The van der Waals surface area contributed by atoms with Crippen LogP contribution in [0.3, 0.4) is 0 Å². The molecule has 3 heterocycles. The predicted octanol–water partition coefficient (Wildman–Crippen LogP) is 0.455.